The lowest BCUT2D eigenvalue weighted by Gasteiger charge is -2.25. The molecule has 1 amide bonds. The third-order valence-electron chi connectivity index (χ3n) is 5.50. The van der Waals surface area contributed by atoms with Crippen LogP contribution in [0.5, 0.6) is 28.7 Å². The number of esters is 1. The molecule has 0 spiro atoms. The number of amides is 1. The van der Waals surface area contributed by atoms with Gasteiger partial charge in [-0.05, 0) is 36.4 Å². The van der Waals surface area contributed by atoms with Gasteiger partial charge in [0, 0.05) is 17.8 Å². The van der Waals surface area contributed by atoms with Gasteiger partial charge in [-0.25, -0.2) is 4.79 Å². The summed E-state index contributed by atoms with van der Waals surface area (Å²) in [5.74, 6) is 1.29. The van der Waals surface area contributed by atoms with Crippen molar-refractivity contribution in [2.75, 3.05) is 39.1 Å². The SMILES string of the molecule is COC(=O)c1ccc2c(c1)N(Cc1c(OC)cc(OC)cc1OC)C(=O)c1cc(N)ccc1O2. The molecule has 9 heteroatoms. The van der Waals surface area contributed by atoms with Gasteiger partial charge in [-0.1, -0.05) is 0 Å². The largest absolute Gasteiger partial charge is 0.496 e. The van der Waals surface area contributed by atoms with Crippen LogP contribution in [0.1, 0.15) is 26.3 Å². The van der Waals surface area contributed by atoms with Crippen molar-refractivity contribution in [1.29, 1.82) is 0 Å². The molecule has 3 aromatic carbocycles. The zero-order chi connectivity index (χ0) is 24.4. The fraction of sp³-hybridized carbons (Fsp3) is 0.200. The Morgan fingerprint density at radius 1 is 0.912 bits per heavy atom. The first-order valence-corrected chi connectivity index (χ1v) is 10.3. The van der Waals surface area contributed by atoms with Crippen LogP contribution < -0.4 is 29.6 Å². The Morgan fingerprint density at radius 3 is 2.21 bits per heavy atom. The van der Waals surface area contributed by atoms with E-state index < -0.39 is 5.97 Å². The first kappa shape index (κ1) is 22.8. The molecule has 1 aliphatic heterocycles. The molecule has 0 fully saturated rings. The third-order valence-corrected chi connectivity index (χ3v) is 5.50. The average molecular weight is 464 g/mol. The number of nitrogens with two attached hydrogens (primary N) is 1. The van der Waals surface area contributed by atoms with E-state index in [2.05, 4.69) is 0 Å². The number of rotatable bonds is 6. The van der Waals surface area contributed by atoms with E-state index in [1.807, 2.05) is 0 Å². The maximum Gasteiger partial charge on any atom is 0.337 e. The van der Waals surface area contributed by atoms with Crippen molar-refractivity contribution in [2.24, 2.45) is 0 Å². The zero-order valence-electron chi connectivity index (χ0n) is 19.2. The maximum atomic E-state index is 13.8. The molecule has 0 saturated heterocycles. The Bertz CT molecular complexity index is 1250. The van der Waals surface area contributed by atoms with Crippen LogP contribution in [-0.2, 0) is 11.3 Å². The van der Waals surface area contributed by atoms with Crippen molar-refractivity contribution < 1.29 is 33.3 Å². The maximum absolute atomic E-state index is 13.8. The van der Waals surface area contributed by atoms with Crippen LogP contribution in [0.4, 0.5) is 11.4 Å². The summed E-state index contributed by atoms with van der Waals surface area (Å²) in [6.45, 7) is 0.0460. The lowest BCUT2D eigenvalue weighted by atomic mass is 10.1. The number of hydrogen-bond acceptors (Lipinski definition) is 8. The normalized spacial score (nSPS) is 12.1. The van der Waals surface area contributed by atoms with Crippen molar-refractivity contribution >= 4 is 23.3 Å². The van der Waals surface area contributed by atoms with Crippen LogP contribution >= 0.6 is 0 Å². The molecule has 0 bridgehead atoms. The Morgan fingerprint density at radius 2 is 1.59 bits per heavy atom. The van der Waals surface area contributed by atoms with E-state index in [1.165, 1.54) is 33.3 Å². The fourth-order valence-electron chi connectivity index (χ4n) is 3.79. The molecule has 1 heterocycles. The minimum Gasteiger partial charge on any atom is -0.496 e. The molecule has 176 valence electrons. The summed E-state index contributed by atoms with van der Waals surface area (Å²) in [4.78, 5) is 27.5. The number of hydrogen-bond donors (Lipinski definition) is 1. The Hall–Kier alpha value is -4.40. The lowest BCUT2D eigenvalue weighted by molar-refractivity contribution is 0.0600. The topological polar surface area (TPSA) is 110 Å². The van der Waals surface area contributed by atoms with Crippen LogP contribution in [0.3, 0.4) is 0 Å². The lowest BCUT2D eigenvalue weighted by Crippen LogP contribution is -2.30. The van der Waals surface area contributed by atoms with E-state index in [1.54, 1.807) is 48.5 Å². The fourth-order valence-corrected chi connectivity index (χ4v) is 3.79. The highest BCUT2D eigenvalue weighted by molar-refractivity contribution is 6.10. The molecular weight excluding hydrogens is 440 g/mol. The van der Waals surface area contributed by atoms with Gasteiger partial charge in [-0.3, -0.25) is 9.69 Å². The average Bonchev–Trinajstić information content (AvgIpc) is 2.97. The number of carbonyl (C=O) groups is 2. The number of anilines is 2. The number of nitrogen functional groups attached to an aromatic ring is 1. The summed E-state index contributed by atoms with van der Waals surface area (Å²) >= 11 is 0. The molecule has 0 saturated carbocycles. The van der Waals surface area contributed by atoms with Gasteiger partial charge in [-0.2, -0.15) is 0 Å². The van der Waals surface area contributed by atoms with E-state index in [4.69, 9.17) is 29.4 Å². The Balaban J connectivity index is 1.92. The third kappa shape index (κ3) is 4.03. The number of ether oxygens (including phenoxy) is 5. The minimum absolute atomic E-state index is 0.0460. The van der Waals surface area contributed by atoms with Gasteiger partial charge in [0.15, 0.2) is 5.75 Å². The van der Waals surface area contributed by atoms with Crippen LogP contribution in [0, 0.1) is 0 Å². The van der Waals surface area contributed by atoms with Crippen molar-refractivity contribution in [1.82, 2.24) is 0 Å². The predicted octanol–water partition coefficient (Wildman–Crippen LogP) is 4.03. The number of nitrogens with zero attached hydrogens (tertiary/aromatic N) is 1. The van der Waals surface area contributed by atoms with E-state index in [0.717, 1.165) is 0 Å². The Labute approximate surface area is 196 Å². The number of fused-ring (bicyclic) bond motifs is 2. The second-order valence-corrected chi connectivity index (χ2v) is 7.43. The Kier molecular flexibility index (Phi) is 6.18. The highest BCUT2D eigenvalue weighted by Crippen LogP contribution is 2.43. The summed E-state index contributed by atoms with van der Waals surface area (Å²) in [5, 5.41) is 0. The summed E-state index contributed by atoms with van der Waals surface area (Å²) in [6.07, 6.45) is 0. The quantitative estimate of drug-likeness (QED) is 0.430. The summed E-state index contributed by atoms with van der Waals surface area (Å²) in [7, 11) is 5.86. The second kappa shape index (κ2) is 9.22. The zero-order valence-corrected chi connectivity index (χ0v) is 19.2. The van der Waals surface area contributed by atoms with Crippen molar-refractivity contribution in [3.05, 3.63) is 65.2 Å². The van der Waals surface area contributed by atoms with Crippen LogP contribution in [-0.4, -0.2) is 40.3 Å². The van der Waals surface area contributed by atoms with Gasteiger partial charge < -0.3 is 29.4 Å². The van der Waals surface area contributed by atoms with Gasteiger partial charge in [-0.15, -0.1) is 0 Å². The molecule has 0 atom stereocenters. The minimum atomic E-state index is -0.541. The van der Waals surface area contributed by atoms with Gasteiger partial charge in [0.25, 0.3) is 5.91 Å². The highest BCUT2D eigenvalue weighted by atomic mass is 16.5. The van der Waals surface area contributed by atoms with E-state index in [9.17, 15) is 9.59 Å². The molecular formula is C25H24N2O7. The van der Waals surface area contributed by atoms with Crippen molar-refractivity contribution in [2.45, 2.75) is 6.54 Å². The summed E-state index contributed by atoms with van der Waals surface area (Å²) in [5.41, 5.74) is 7.90. The van der Waals surface area contributed by atoms with Crippen LogP contribution in [0.2, 0.25) is 0 Å². The highest BCUT2D eigenvalue weighted by Gasteiger charge is 2.31. The molecule has 34 heavy (non-hydrogen) atoms. The summed E-state index contributed by atoms with van der Waals surface area (Å²) in [6, 6.07) is 13.0. The van der Waals surface area contributed by atoms with Gasteiger partial charge >= 0.3 is 5.97 Å². The first-order chi connectivity index (χ1) is 16.4. The van der Waals surface area contributed by atoms with E-state index in [-0.39, 0.29) is 23.6 Å². The molecule has 0 aromatic heterocycles. The van der Waals surface area contributed by atoms with Gasteiger partial charge in [0.05, 0.1) is 57.4 Å². The molecule has 2 N–H and O–H groups in total. The van der Waals surface area contributed by atoms with Crippen molar-refractivity contribution in [3.63, 3.8) is 0 Å². The first-order valence-electron chi connectivity index (χ1n) is 10.3. The second-order valence-electron chi connectivity index (χ2n) is 7.43. The molecule has 1 aliphatic rings. The summed E-state index contributed by atoms with van der Waals surface area (Å²) < 4.78 is 27.4. The molecule has 0 aliphatic carbocycles. The van der Waals surface area contributed by atoms with Gasteiger partial charge in [0.1, 0.15) is 23.0 Å². The van der Waals surface area contributed by atoms with Gasteiger partial charge in [0.2, 0.25) is 0 Å². The molecule has 0 unspecified atom stereocenters. The molecule has 3 aromatic rings. The standard InChI is InChI=1S/C25H24N2O7/c1-30-16-11-22(31-2)18(23(12-16)32-3)13-27-19-9-14(25(29)33-4)5-7-21(19)34-20-8-6-15(26)10-17(20)24(27)28/h5-12H,13,26H2,1-4H3. The number of carbonyl (C=O) groups excluding carboxylic acids is 2. The van der Waals surface area contributed by atoms with E-state index in [0.29, 0.717) is 45.7 Å². The monoisotopic (exact) mass is 464 g/mol. The van der Waals surface area contributed by atoms with Crippen LogP contribution in [0.25, 0.3) is 0 Å². The predicted molar refractivity (Wildman–Crippen MR) is 125 cm³/mol. The molecule has 4 rings (SSSR count). The molecule has 9 nitrogen and oxygen atoms in total. The van der Waals surface area contributed by atoms with E-state index >= 15 is 0 Å². The number of benzene rings is 3. The molecule has 0 radical (unpaired) electrons. The smallest absolute Gasteiger partial charge is 0.337 e. The number of methoxy groups -OCH3 is 4. The van der Waals surface area contributed by atoms with Crippen LogP contribution in [0.15, 0.2) is 48.5 Å². The van der Waals surface area contributed by atoms with Crippen molar-refractivity contribution in [3.8, 4) is 28.7 Å².